The van der Waals surface area contributed by atoms with Gasteiger partial charge in [0.05, 0.1) is 13.2 Å². The monoisotopic (exact) mass is 293 g/mol. The Hall–Kier alpha value is -1.06. The third kappa shape index (κ3) is 6.96. The molecule has 21 heavy (non-hydrogen) atoms. The summed E-state index contributed by atoms with van der Waals surface area (Å²) >= 11 is 0. The summed E-state index contributed by atoms with van der Waals surface area (Å²) in [6.45, 7) is 14.0. The zero-order chi connectivity index (χ0) is 15.9. The Morgan fingerprint density at radius 2 is 1.81 bits per heavy atom. The molecule has 120 valence electrons. The highest BCUT2D eigenvalue weighted by Crippen LogP contribution is 2.21. The molecule has 0 aromatic heterocycles. The van der Waals surface area contributed by atoms with Gasteiger partial charge in [-0.05, 0) is 71.0 Å². The molecule has 0 aliphatic rings. The number of hydrogen-bond acceptors (Lipinski definition) is 3. The van der Waals surface area contributed by atoms with Crippen molar-refractivity contribution in [3.8, 4) is 5.75 Å². The normalized spacial score (nSPS) is 12.0. The van der Waals surface area contributed by atoms with Gasteiger partial charge in [0.25, 0.3) is 0 Å². The van der Waals surface area contributed by atoms with Gasteiger partial charge in [0.1, 0.15) is 11.4 Å². The highest BCUT2D eigenvalue weighted by Gasteiger charge is 2.20. The number of likely N-dealkylation sites (N-methyl/N-ethyl adjacent to an activating group) is 1. The van der Waals surface area contributed by atoms with E-state index in [2.05, 4.69) is 58.7 Å². The Balaban J connectivity index is 2.37. The molecule has 0 saturated carbocycles. The van der Waals surface area contributed by atoms with Crippen LogP contribution in [-0.2, 0) is 4.74 Å². The summed E-state index contributed by atoms with van der Waals surface area (Å²) in [5, 5.41) is 0. The minimum Gasteiger partial charge on any atom is -0.485 e. The minimum absolute atomic E-state index is 0.314. The molecule has 0 bridgehead atoms. The molecular weight excluding hydrogens is 262 g/mol. The van der Waals surface area contributed by atoms with E-state index in [1.807, 2.05) is 6.07 Å². The van der Waals surface area contributed by atoms with Crippen molar-refractivity contribution < 1.29 is 9.47 Å². The maximum absolute atomic E-state index is 6.05. The summed E-state index contributed by atoms with van der Waals surface area (Å²) in [5.41, 5.74) is 2.23. The summed E-state index contributed by atoms with van der Waals surface area (Å²) < 4.78 is 11.8. The first-order valence-corrected chi connectivity index (χ1v) is 7.86. The predicted molar refractivity (Wildman–Crippen MR) is 89.2 cm³/mol. The van der Waals surface area contributed by atoms with Crippen molar-refractivity contribution in [2.45, 2.75) is 46.6 Å². The quantitative estimate of drug-likeness (QED) is 0.646. The molecule has 0 aliphatic carbocycles. The van der Waals surface area contributed by atoms with E-state index < -0.39 is 0 Å². The van der Waals surface area contributed by atoms with Crippen molar-refractivity contribution in [2.24, 2.45) is 0 Å². The van der Waals surface area contributed by atoms with Crippen LogP contribution < -0.4 is 4.74 Å². The second kappa shape index (κ2) is 8.40. The van der Waals surface area contributed by atoms with E-state index in [1.54, 1.807) is 0 Å². The maximum Gasteiger partial charge on any atom is 0.127 e. The van der Waals surface area contributed by atoms with Crippen LogP contribution in [0.4, 0.5) is 0 Å². The first-order chi connectivity index (χ1) is 9.84. The molecule has 0 fully saturated rings. The van der Waals surface area contributed by atoms with E-state index in [1.165, 1.54) is 17.5 Å². The lowest BCUT2D eigenvalue weighted by molar-refractivity contribution is -0.00782. The van der Waals surface area contributed by atoms with E-state index in [4.69, 9.17) is 9.47 Å². The first kappa shape index (κ1) is 18.0. The van der Waals surface area contributed by atoms with Crippen molar-refractivity contribution in [1.29, 1.82) is 0 Å². The van der Waals surface area contributed by atoms with Crippen LogP contribution in [0.2, 0.25) is 0 Å². The Bertz CT molecular complexity index is 429. The molecule has 0 aliphatic heterocycles. The van der Waals surface area contributed by atoms with Gasteiger partial charge < -0.3 is 14.4 Å². The Morgan fingerprint density at radius 1 is 1.10 bits per heavy atom. The Labute approximate surface area is 130 Å². The van der Waals surface area contributed by atoms with Gasteiger partial charge in [-0.3, -0.25) is 0 Å². The molecule has 0 spiro atoms. The molecule has 0 radical (unpaired) electrons. The molecule has 0 amide bonds. The van der Waals surface area contributed by atoms with E-state index in [0.717, 1.165) is 25.4 Å². The first-order valence-electron chi connectivity index (χ1n) is 7.86. The van der Waals surface area contributed by atoms with Crippen molar-refractivity contribution in [3.05, 3.63) is 29.3 Å². The van der Waals surface area contributed by atoms with Crippen LogP contribution in [0.5, 0.6) is 5.75 Å². The fourth-order valence-corrected chi connectivity index (χ4v) is 2.16. The number of ether oxygens (including phenoxy) is 2. The third-order valence-corrected chi connectivity index (χ3v) is 3.54. The molecule has 1 aromatic rings. The number of aryl methyl sites for hydroxylation is 2. The van der Waals surface area contributed by atoms with Gasteiger partial charge in [0, 0.05) is 6.54 Å². The molecular formula is C18H31NO2. The second-order valence-corrected chi connectivity index (χ2v) is 6.46. The average molecular weight is 293 g/mol. The average Bonchev–Trinajstić information content (AvgIpc) is 2.39. The summed E-state index contributed by atoms with van der Waals surface area (Å²) in [7, 11) is 2.13. The van der Waals surface area contributed by atoms with Gasteiger partial charge in [-0.1, -0.05) is 13.0 Å². The molecule has 1 rings (SSSR count). The lowest BCUT2D eigenvalue weighted by Gasteiger charge is -2.27. The zero-order valence-electron chi connectivity index (χ0n) is 14.5. The standard InChI is InChI=1S/C18H31NO2/c1-7-10-19(6)11-12-20-14-18(4,5)21-17-9-8-15(2)16(3)13-17/h8-9,13H,7,10-12,14H2,1-6H3. The fraction of sp³-hybridized carbons (Fsp3) is 0.667. The van der Waals surface area contributed by atoms with Crippen molar-refractivity contribution >= 4 is 0 Å². The molecule has 0 saturated heterocycles. The summed E-state index contributed by atoms with van der Waals surface area (Å²) in [6.07, 6.45) is 1.18. The van der Waals surface area contributed by atoms with Crippen molar-refractivity contribution in [2.75, 3.05) is 33.4 Å². The number of hydrogen-bond donors (Lipinski definition) is 0. The minimum atomic E-state index is -0.314. The van der Waals surface area contributed by atoms with E-state index >= 15 is 0 Å². The van der Waals surface area contributed by atoms with Gasteiger partial charge in [-0.15, -0.1) is 0 Å². The van der Waals surface area contributed by atoms with Crippen LogP contribution in [0.15, 0.2) is 18.2 Å². The van der Waals surface area contributed by atoms with Crippen LogP contribution in [0, 0.1) is 13.8 Å². The Morgan fingerprint density at radius 3 is 2.43 bits per heavy atom. The van der Waals surface area contributed by atoms with Gasteiger partial charge in [0.15, 0.2) is 0 Å². The molecule has 3 heteroatoms. The maximum atomic E-state index is 6.05. The van der Waals surface area contributed by atoms with Crippen LogP contribution in [0.3, 0.4) is 0 Å². The topological polar surface area (TPSA) is 21.7 Å². The van der Waals surface area contributed by atoms with Crippen LogP contribution in [0.1, 0.15) is 38.3 Å². The summed E-state index contributed by atoms with van der Waals surface area (Å²) in [4.78, 5) is 2.29. The molecule has 0 atom stereocenters. The molecule has 0 heterocycles. The second-order valence-electron chi connectivity index (χ2n) is 6.46. The zero-order valence-corrected chi connectivity index (χ0v) is 14.5. The summed E-state index contributed by atoms with van der Waals surface area (Å²) in [6, 6.07) is 6.21. The number of benzene rings is 1. The highest BCUT2D eigenvalue weighted by molar-refractivity contribution is 5.34. The molecule has 0 unspecified atom stereocenters. The van der Waals surface area contributed by atoms with Gasteiger partial charge in [0.2, 0.25) is 0 Å². The van der Waals surface area contributed by atoms with Crippen molar-refractivity contribution in [1.82, 2.24) is 4.90 Å². The molecule has 0 N–H and O–H groups in total. The predicted octanol–water partition coefficient (Wildman–Crippen LogP) is 3.82. The SMILES string of the molecule is CCCN(C)CCOCC(C)(C)Oc1ccc(C)c(C)c1. The number of rotatable bonds is 9. The van der Waals surface area contributed by atoms with Crippen LogP contribution in [-0.4, -0.2) is 43.9 Å². The molecule has 1 aromatic carbocycles. The third-order valence-electron chi connectivity index (χ3n) is 3.54. The lowest BCUT2D eigenvalue weighted by atomic mass is 10.1. The largest absolute Gasteiger partial charge is 0.485 e. The van der Waals surface area contributed by atoms with Crippen molar-refractivity contribution in [3.63, 3.8) is 0 Å². The van der Waals surface area contributed by atoms with Crippen LogP contribution in [0.25, 0.3) is 0 Å². The van der Waals surface area contributed by atoms with E-state index in [9.17, 15) is 0 Å². The molecule has 3 nitrogen and oxygen atoms in total. The van der Waals surface area contributed by atoms with Crippen LogP contribution >= 0.6 is 0 Å². The van der Waals surface area contributed by atoms with E-state index in [-0.39, 0.29) is 5.60 Å². The number of nitrogens with zero attached hydrogens (tertiary/aromatic N) is 1. The summed E-state index contributed by atoms with van der Waals surface area (Å²) in [5.74, 6) is 0.912. The smallest absolute Gasteiger partial charge is 0.127 e. The van der Waals surface area contributed by atoms with E-state index in [0.29, 0.717) is 6.61 Å². The Kier molecular flexibility index (Phi) is 7.20. The van der Waals surface area contributed by atoms with Gasteiger partial charge >= 0.3 is 0 Å². The van der Waals surface area contributed by atoms with Gasteiger partial charge in [-0.2, -0.15) is 0 Å². The van der Waals surface area contributed by atoms with Gasteiger partial charge in [-0.25, -0.2) is 0 Å². The lowest BCUT2D eigenvalue weighted by Crippen LogP contribution is -2.35. The fourth-order valence-electron chi connectivity index (χ4n) is 2.16. The highest BCUT2D eigenvalue weighted by atomic mass is 16.5.